The maximum atomic E-state index is 11.6. The average molecular weight is 434 g/mol. The van der Waals surface area contributed by atoms with E-state index in [1.165, 1.54) is 12.1 Å². The lowest BCUT2D eigenvalue weighted by atomic mass is 10.0. The standard InChI is InChI=1S/C20H20ClN3O4S/c1-4-28-12(2)19-15(10-22)16(21)9-17-20(19)23-13(3)24(17)11-14-7-5-6-8-18(14)29(25,26)27/h5-9,12H,4,11H2,1-3H3,(H,25,26,27). The highest BCUT2D eigenvalue weighted by Crippen LogP contribution is 2.33. The van der Waals surface area contributed by atoms with Crippen LogP contribution in [0, 0.1) is 18.3 Å². The molecule has 2 aromatic carbocycles. The zero-order chi connectivity index (χ0) is 21.3. The minimum absolute atomic E-state index is 0.147. The SMILES string of the molecule is CCOC(C)c1c(C#N)c(Cl)cc2c1[nH]c(C)[n+]2Cc1ccccc1S(=O)(=O)[O-]. The van der Waals surface area contributed by atoms with Crippen LogP contribution in [-0.4, -0.2) is 24.6 Å². The Labute approximate surface area is 174 Å². The highest BCUT2D eigenvalue weighted by Gasteiger charge is 2.27. The summed E-state index contributed by atoms with van der Waals surface area (Å²) in [5.74, 6) is 0.717. The van der Waals surface area contributed by atoms with Gasteiger partial charge in [-0.25, -0.2) is 18.0 Å². The Bertz CT molecular complexity index is 1230. The van der Waals surface area contributed by atoms with Crippen molar-refractivity contribution in [2.75, 3.05) is 6.61 Å². The third-order valence-corrected chi connectivity index (χ3v) is 6.04. The number of hydrogen-bond acceptors (Lipinski definition) is 5. The van der Waals surface area contributed by atoms with E-state index in [-0.39, 0.29) is 22.6 Å². The van der Waals surface area contributed by atoms with Crippen molar-refractivity contribution < 1.29 is 22.3 Å². The lowest BCUT2D eigenvalue weighted by molar-refractivity contribution is -0.668. The van der Waals surface area contributed by atoms with Gasteiger partial charge in [-0.2, -0.15) is 5.26 Å². The number of benzene rings is 2. The van der Waals surface area contributed by atoms with Gasteiger partial charge in [0.05, 0.1) is 27.1 Å². The molecule has 0 aliphatic carbocycles. The summed E-state index contributed by atoms with van der Waals surface area (Å²) in [6.07, 6.45) is -0.378. The van der Waals surface area contributed by atoms with E-state index in [4.69, 9.17) is 16.3 Å². The Kier molecular flexibility index (Phi) is 5.96. The van der Waals surface area contributed by atoms with Gasteiger partial charge in [0.1, 0.15) is 22.7 Å². The van der Waals surface area contributed by atoms with Crippen molar-refractivity contribution in [2.45, 2.75) is 38.3 Å². The number of H-pyrrole nitrogens is 1. The molecule has 0 saturated carbocycles. The minimum atomic E-state index is -4.61. The van der Waals surface area contributed by atoms with Crippen LogP contribution >= 0.6 is 11.6 Å². The number of ether oxygens (including phenoxy) is 1. The van der Waals surface area contributed by atoms with Crippen molar-refractivity contribution in [2.24, 2.45) is 0 Å². The first-order chi connectivity index (χ1) is 13.7. The zero-order valence-corrected chi connectivity index (χ0v) is 17.8. The van der Waals surface area contributed by atoms with E-state index in [1.807, 2.05) is 25.3 Å². The van der Waals surface area contributed by atoms with Crippen LogP contribution in [0.1, 0.15) is 42.5 Å². The topological polar surface area (TPSA) is 110 Å². The molecule has 0 spiro atoms. The molecule has 1 aromatic heterocycles. The largest absolute Gasteiger partial charge is 0.744 e. The number of aromatic nitrogens is 2. The smallest absolute Gasteiger partial charge is 0.252 e. The summed E-state index contributed by atoms with van der Waals surface area (Å²) in [6, 6.07) is 9.89. The maximum absolute atomic E-state index is 11.6. The highest BCUT2D eigenvalue weighted by molar-refractivity contribution is 7.85. The lowest BCUT2D eigenvalue weighted by Gasteiger charge is -2.14. The number of aromatic amines is 1. The zero-order valence-electron chi connectivity index (χ0n) is 16.2. The molecule has 0 aliphatic heterocycles. The third kappa shape index (κ3) is 4.00. The van der Waals surface area contributed by atoms with Gasteiger partial charge in [-0.1, -0.05) is 29.8 Å². The summed E-state index contributed by atoms with van der Waals surface area (Å²) in [4.78, 5) is 3.00. The number of nitriles is 1. The Morgan fingerprint density at radius 1 is 1.38 bits per heavy atom. The maximum Gasteiger partial charge on any atom is 0.252 e. The van der Waals surface area contributed by atoms with Crippen molar-refractivity contribution in [3.63, 3.8) is 0 Å². The van der Waals surface area contributed by atoms with Gasteiger partial charge in [0.2, 0.25) is 0 Å². The second kappa shape index (κ2) is 8.13. The highest BCUT2D eigenvalue weighted by atomic mass is 35.5. The molecule has 0 radical (unpaired) electrons. The number of nitrogens with zero attached hydrogens (tertiary/aromatic N) is 2. The summed E-state index contributed by atoms with van der Waals surface area (Å²) < 4.78 is 42.4. The van der Waals surface area contributed by atoms with Crippen LogP contribution in [0.2, 0.25) is 5.02 Å². The van der Waals surface area contributed by atoms with Gasteiger partial charge in [-0.15, -0.1) is 0 Å². The number of halogens is 1. The van der Waals surface area contributed by atoms with E-state index < -0.39 is 10.1 Å². The Morgan fingerprint density at radius 2 is 2.07 bits per heavy atom. The van der Waals surface area contributed by atoms with Crippen LogP contribution < -0.4 is 4.57 Å². The van der Waals surface area contributed by atoms with Crippen molar-refractivity contribution in [1.82, 2.24) is 4.98 Å². The van der Waals surface area contributed by atoms with Gasteiger partial charge in [-0.3, -0.25) is 0 Å². The van der Waals surface area contributed by atoms with Crippen LogP contribution in [0.15, 0.2) is 35.2 Å². The van der Waals surface area contributed by atoms with E-state index in [2.05, 4.69) is 11.1 Å². The molecule has 0 aliphatic rings. The number of fused-ring (bicyclic) bond motifs is 1. The van der Waals surface area contributed by atoms with Crippen LogP contribution in [0.3, 0.4) is 0 Å². The van der Waals surface area contributed by atoms with Gasteiger partial charge in [-0.05, 0) is 19.9 Å². The second-order valence-corrected chi connectivity index (χ2v) is 8.36. The van der Waals surface area contributed by atoms with Crippen LogP contribution in [0.4, 0.5) is 0 Å². The molecule has 0 fully saturated rings. The minimum Gasteiger partial charge on any atom is -0.744 e. The van der Waals surface area contributed by atoms with Gasteiger partial charge in [0, 0.05) is 25.2 Å². The van der Waals surface area contributed by atoms with Crippen molar-refractivity contribution in [1.29, 1.82) is 5.26 Å². The first kappa shape index (κ1) is 21.3. The quantitative estimate of drug-likeness (QED) is 0.473. The van der Waals surface area contributed by atoms with Crippen molar-refractivity contribution >= 4 is 32.8 Å². The van der Waals surface area contributed by atoms with Gasteiger partial charge < -0.3 is 9.29 Å². The molecule has 29 heavy (non-hydrogen) atoms. The van der Waals surface area contributed by atoms with E-state index in [0.717, 1.165) is 0 Å². The second-order valence-electron chi connectivity index (χ2n) is 6.61. The fraction of sp³-hybridized carbons (Fsp3) is 0.300. The van der Waals surface area contributed by atoms with Crippen molar-refractivity contribution in [3.05, 3.63) is 57.9 Å². The fourth-order valence-electron chi connectivity index (χ4n) is 3.54. The molecule has 0 saturated heterocycles. The Balaban J connectivity index is 2.25. The molecule has 1 unspecified atom stereocenters. The number of aryl methyl sites for hydroxylation is 1. The van der Waals surface area contributed by atoms with Crippen molar-refractivity contribution in [3.8, 4) is 6.07 Å². The van der Waals surface area contributed by atoms with E-state index >= 15 is 0 Å². The van der Waals surface area contributed by atoms with Crippen LogP contribution in [0.5, 0.6) is 0 Å². The molecule has 3 aromatic rings. The van der Waals surface area contributed by atoms with Gasteiger partial charge in [0.15, 0.2) is 11.0 Å². The predicted molar refractivity (Wildman–Crippen MR) is 107 cm³/mol. The molecule has 1 N–H and O–H groups in total. The summed E-state index contributed by atoms with van der Waals surface area (Å²) in [5.41, 5.74) is 2.72. The van der Waals surface area contributed by atoms with E-state index in [9.17, 15) is 18.2 Å². The molecule has 1 heterocycles. The molecular formula is C20H20ClN3O4S. The number of hydrogen-bond donors (Lipinski definition) is 1. The first-order valence-corrected chi connectivity index (χ1v) is 10.8. The summed E-state index contributed by atoms with van der Waals surface area (Å²) in [6.45, 7) is 6.14. The van der Waals surface area contributed by atoms with Gasteiger partial charge >= 0.3 is 0 Å². The summed E-state index contributed by atoms with van der Waals surface area (Å²) in [5, 5.41) is 9.88. The Hall–Kier alpha value is -2.44. The average Bonchev–Trinajstić information content (AvgIpc) is 2.95. The van der Waals surface area contributed by atoms with Crippen LogP contribution in [-0.2, 0) is 21.4 Å². The molecule has 9 heteroatoms. The third-order valence-electron chi connectivity index (χ3n) is 4.80. The molecule has 7 nitrogen and oxygen atoms in total. The molecule has 0 amide bonds. The molecule has 0 bridgehead atoms. The van der Waals surface area contributed by atoms with E-state index in [1.54, 1.807) is 18.2 Å². The van der Waals surface area contributed by atoms with Crippen LogP contribution in [0.25, 0.3) is 11.0 Å². The summed E-state index contributed by atoms with van der Waals surface area (Å²) >= 11 is 6.39. The number of imidazole rings is 1. The number of rotatable bonds is 6. The van der Waals surface area contributed by atoms with E-state index in [0.29, 0.717) is 40.2 Å². The molecule has 152 valence electrons. The Morgan fingerprint density at radius 3 is 2.69 bits per heavy atom. The molecule has 1 atom stereocenters. The lowest BCUT2D eigenvalue weighted by Crippen LogP contribution is -2.36. The molecule has 3 rings (SSSR count). The monoisotopic (exact) mass is 433 g/mol. The number of nitrogens with one attached hydrogen (secondary N) is 1. The van der Waals surface area contributed by atoms with Gasteiger partial charge in [0.25, 0.3) is 5.82 Å². The first-order valence-electron chi connectivity index (χ1n) is 8.99. The predicted octanol–water partition coefficient (Wildman–Crippen LogP) is 3.34. The fourth-order valence-corrected chi connectivity index (χ4v) is 4.48. The summed E-state index contributed by atoms with van der Waals surface area (Å²) in [7, 11) is -4.61. The normalized spacial score (nSPS) is 12.8. The molecular weight excluding hydrogens is 414 g/mol.